The molecule has 0 spiro atoms. The highest BCUT2D eigenvalue weighted by Crippen LogP contribution is 2.26. The predicted octanol–water partition coefficient (Wildman–Crippen LogP) is 1.72. The zero-order valence-corrected chi connectivity index (χ0v) is 13.0. The zero-order chi connectivity index (χ0) is 14.8. The van der Waals surface area contributed by atoms with E-state index in [2.05, 4.69) is 41.0 Å². The second-order valence-electron chi connectivity index (χ2n) is 6.35. The predicted molar refractivity (Wildman–Crippen MR) is 83.5 cm³/mol. The normalized spacial score (nSPS) is 30.3. The molecule has 0 unspecified atom stereocenters. The molecule has 1 N–H and O–H groups in total. The van der Waals surface area contributed by atoms with Crippen molar-refractivity contribution < 1.29 is 9.84 Å². The Kier molecular flexibility index (Phi) is 4.48. The van der Waals surface area contributed by atoms with Crippen molar-refractivity contribution in [2.75, 3.05) is 26.2 Å². The van der Waals surface area contributed by atoms with Gasteiger partial charge in [-0.1, -0.05) is 12.1 Å². The molecule has 0 aromatic heterocycles. The molecule has 4 heteroatoms. The van der Waals surface area contributed by atoms with Crippen molar-refractivity contribution >= 4 is 0 Å². The summed E-state index contributed by atoms with van der Waals surface area (Å²) in [5.41, 5.74) is 1.33. The molecule has 21 heavy (non-hydrogen) atoms. The first-order valence-corrected chi connectivity index (χ1v) is 8.03. The number of aliphatic hydroxyl groups is 1. The molecule has 2 saturated heterocycles. The largest absolute Gasteiger partial charge is 0.494 e. The maximum atomic E-state index is 9.83. The molecule has 0 bridgehead atoms. The topological polar surface area (TPSA) is 35.9 Å². The second-order valence-corrected chi connectivity index (χ2v) is 6.35. The van der Waals surface area contributed by atoms with E-state index in [1.54, 1.807) is 0 Å². The van der Waals surface area contributed by atoms with Gasteiger partial charge in [-0.15, -0.1) is 0 Å². The number of hydrogen-bond donors (Lipinski definition) is 1. The highest BCUT2D eigenvalue weighted by atomic mass is 16.5. The molecule has 2 aliphatic rings. The highest BCUT2D eigenvalue weighted by molar-refractivity contribution is 5.27. The molecule has 0 saturated carbocycles. The minimum Gasteiger partial charge on any atom is -0.494 e. The molecule has 0 radical (unpaired) electrons. The minimum absolute atomic E-state index is 0.132. The van der Waals surface area contributed by atoms with Crippen LogP contribution in [0.5, 0.6) is 5.75 Å². The van der Waals surface area contributed by atoms with Crippen LogP contribution in [-0.2, 0) is 6.54 Å². The van der Waals surface area contributed by atoms with Crippen LogP contribution in [0.15, 0.2) is 24.3 Å². The van der Waals surface area contributed by atoms with Crippen molar-refractivity contribution in [3.8, 4) is 5.75 Å². The molecule has 2 aliphatic heterocycles. The fourth-order valence-corrected chi connectivity index (χ4v) is 3.59. The summed E-state index contributed by atoms with van der Waals surface area (Å²) < 4.78 is 5.49. The van der Waals surface area contributed by atoms with E-state index >= 15 is 0 Å². The molecule has 3 atom stereocenters. The first-order chi connectivity index (χ1) is 10.2. The molecule has 1 aromatic carbocycles. The number of nitrogens with zero attached hydrogens (tertiary/aromatic N) is 2. The van der Waals surface area contributed by atoms with Crippen molar-refractivity contribution in [2.45, 2.75) is 45.0 Å². The van der Waals surface area contributed by atoms with Gasteiger partial charge < -0.3 is 9.84 Å². The van der Waals surface area contributed by atoms with E-state index in [1.807, 2.05) is 6.92 Å². The van der Waals surface area contributed by atoms with E-state index in [0.717, 1.165) is 38.3 Å². The lowest BCUT2D eigenvalue weighted by molar-refractivity contribution is 0.0528. The fraction of sp³-hybridized carbons (Fsp3) is 0.647. The van der Waals surface area contributed by atoms with Gasteiger partial charge in [0.25, 0.3) is 0 Å². The number of hydrogen-bond acceptors (Lipinski definition) is 4. The number of rotatable bonds is 4. The Balaban J connectivity index is 1.61. The third-order valence-corrected chi connectivity index (χ3v) is 4.69. The van der Waals surface area contributed by atoms with Crippen LogP contribution in [-0.4, -0.2) is 59.3 Å². The van der Waals surface area contributed by atoms with Crippen LogP contribution >= 0.6 is 0 Å². The zero-order valence-electron chi connectivity index (χ0n) is 13.0. The van der Waals surface area contributed by atoms with Gasteiger partial charge in [0.2, 0.25) is 0 Å². The highest BCUT2D eigenvalue weighted by Gasteiger charge is 2.37. The number of ether oxygens (including phenoxy) is 1. The third kappa shape index (κ3) is 3.39. The van der Waals surface area contributed by atoms with Crippen LogP contribution in [0.1, 0.15) is 25.8 Å². The van der Waals surface area contributed by atoms with Crippen molar-refractivity contribution in [1.82, 2.24) is 9.80 Å². The molecular weight excluding hydrogens is 264 g/mol. The van der Waals surface area contributed by atoms with Crippen LogP contribution in [0.4, 0.5) is 0 Å². The summed E-state index contributed by atoms with van der Waals surface area (Å²) in [6, 6.07) is 9.50. The van der Waals surface area contributed by atoms with Gasteiger partial charge >= 0.3 is 0 Å². The molecule has 116 valence electrons. The van der Waals surface area contributed by atoms with Gasteiger partial charge in [0, 0.05) is 38.3 Å². The molecule has 2 heterocycles. The summed E-state index contributed by atoms with van der Waals surface area (Å²) in [5.74, 6) is 0.943. The number of piperazine rings is 1. The van der Waals surface area contributed by atoms with Crippen molar-refractivity contribution in [1.29, 1.82) is 0 Å². The lowest BCUT2D eigenvalue weighted by Crippen LogP contribution is -2.54. The molecular formula is C17H26N2O2. The lowest BCUT2D eigenvalue weighted by atomic mass is 10.1. The maximum absolute atomic E-state index is 9.83. The molecule has 2 fully saturated rings. The molecule has 4 nitrogen and oxygen atoms in total. The monoisotopic (exact) mass is 290 g/mol. The van der Waals surface area contributed by atoms with Gasteiger partial charge in [0.1, 0.15) is 5.75 Å². The average molecular weight is 290 g/mol. The number of benzene rings is 1. The van der Waals surface area contributed by atoms with Gasteiger partial charge in [0.05, 0.1) is 12.7 Å². The van der Waals surface area contributed by atoms with E-state index in [-0.39, 0.29) is 6.10 Å². The molecule has 0 amide bonds. The first-order valence-electron chi connectivity index (χ1n) is 8.03. The van der Waals surface area contributed by atoms with Gasteiger partial charge in [-0.05, 0) is 38.0 Å². The number of aliphatic hydroxyl groups excluding tert-OH is 1. The third-order valence-electron chi connectivity index (χ3n) is 4.69. The van der Waals surface area contributed by atoms with E-state index in [4.69, 9.17) is 4.74 Å². The summed E-state index contributed by atoms with van der Waals surface area (Å²) in [6.45, 7) is 8.97. The Morgan fingerprint density at radius 3 is 2.67 bits per heavy atom. The van der Waals surface area contributed by atoms with Gasteiger partial charge in [-0.25, -0.2) is 0 Å². The van der Waals surface area contributed by atoms with Crippen LogP contribution in [0, 0.1) is 0 Å². The minimum atomic E-state index is -0.132. The molecule has 3 rings (SSSR count). The standard InChI is InChI=1S/C17H26N2O2/c1-3-21-17-6-4-14(5-7-17)10-18-11-15-8-16(20)12-19(15)9-13(18)2/h4-7,13,15-16,20H,3,8-12H2,1-2H3/t13-,15-,16-/m1/s1. The molecule has 1 aromatic rings. The van der Waals surface area contributed by atoms with Gasteiger partial charge in [-0.3, -0.25) is 9.80 Å². The maximum Gasteiger partial charge on any atom is 0.119 e. The summed E-state index contributed by atoms with van der Waals surface area (Å²) in [5, 5.41) is 9.83. The summed E-state index contributed by atoms with van der Waals surface area (Å²) >= 11 is 0. The SMILES string of the molecule is CCOc1ccc(CN2C[C@H]3C[C@@H](O)CN3C[C@H]2C)cc1. The first kappa shape index (κ1) is 14.8. The van der Waals surface area contributed by atoms with E-state index < -0.39 is 0 Å². The quantitative estimate of drug-likeness (QED) is 0.916. The van der Waals surface area contributed by atoms with Crippen molar-refractivity contribution in [3.05, 3.63) is 29.8 Å². The number of fused-ring (bicyclic) bond motifs is 1. The Morgan fingerprint density at radius 1 is 1.19 bits per heavy atom. The fourth-order valence-electron chi connectivity index (χ4n) is 3.59. The lowest BCUT2D eigenvalue weighted by Gasteiger charge is -2.42. The van der Waals surface area contributed by atoms with Gasteiger partial charge in [0.15, 0.2) is 0 Å². The van der Waals surface area contributed by atoms with Crippen LogP contribution in [0.25, 0.3) is 0 Å². The Labute approximate surface area is 127 Å². The van der Waals surface area contributed by atoms with Gasteiger partial charge in [-0.2, -0.15) is 0 Å². The smallest absolute Gasteiger partial charge is 0.119 e. The summed E-state index contributed by atoms with van der Waals surface area (Å²) in [6.07, 6.45) is 0.791. The Morgan fingerprint density at radius 2 is 1.95 bits per heavy atom. The molecule has 0 aliphatic carbocycles. The Bertz CT molecular complexity index is 462. The van der Waals surface area contributed by atoms with Crippen LogP contribution in [0.2, 0.25) is 0 Å². The van der Waals surface area contributed by atoms with Crippen LogP contribution < -0.4 is 4.74 Å². The Hall–Kier alpha value is -1.10. The van der Waals surface area contributed by atoms with Crippen molar-refractivity contribution in [2.24, 2.45) is 0 Å². The van der Waals surface area contributed by atoms with Crippen molar-refractivity contribution in [3.63, 3.8) is 0 Å². The van der Waals surface area contributed by atoms with E-state index in [0.29, 0.717) is 18.7 Å². The van der Waals surface area contributed by atoms with E-state index in [1.165, 1.54) is 5.56 Å². The average Bonchev–Trinajstić information content (AvgIpc) is 2.81. The summed E-state index contributed by atoms with van der Waals surface area (Å²) in [7, 11) is 0. The van der Waals surface area contributed by atoms with E-state index in [9.17, 15) is 5.11 Å². The second kappa shape index (κ2) is 6.34. The van der Waals surface area contributed by atoms with Crippen LogP contribution in [0.3, 0.4) is 0 Å². The summed E-state index contributed by atoms with van der Waals surface area (Å²) in [4.78, 5) is 4.99.